The number of nitro benzene ring substituents is 1. The Balaban J connectivity index is 1.68. The summed E-state index contributed by atoms with van der Waals surface area (Å²) in [5.74, 6) is -3.50. The average molecular weight is 500 g/mol. The van der Waals surface area contributed by atoms with E-state index in [0.717, 1.165) is 0 Å². The molecule has 0 atom stereocenters. The van der Waals surface area contributed by atoms with Gasteiger partial charge in [-0.15, -0.1) is 5.06 Å². The molecule has 0 aromatic heterocycles. The number of hydrogen-bond donors (Lipinski definition) is 1. The number of esters is 1. The minimum absolute atomic E-state index is 0.0218. The maximum absolute atomic E-state index is 12.1. The van der Waals surface area contributed by atoms with E-state index in [0.29, 0.717) is 10.6 Å². The van der Waals surface area contributed by atoms with E-state index < -0.39 is 45.1 Å². The lowest BCUT2D eigenvalue weighted by Gasteiger charge is -2.12. The largest absolute Gasteiger partial charge is 0.461 e. The molecule has 1 aromatic carbocycles. The molecular formula is C20H24N2O11S. The molecule has 1 aromatic rings. The molecule has 1 heterocycles. The third kappa shape index (κ3) is 8.19. The molecule has 0 unspecified atom stereocenters. The van der Waals surface area contributed by atoms with Crippen molar-refractivity contribution in [1.29, 1.82) is 0 Å². The van der Waals surface area contributed by atoms with Crippen molar-refractivity contribution in [2.45, 2.75) is 51.7 Å². The normalized spacial score (nSPS) is 13.7. The van der Waals surface area contributed by atoms with Crippen LogP contribution in [0.25, 0.3) is 0 Å². The van der Waals surface area contributed by atoms with E-state index in [1.165, 1.54) is 18.2 Å². The molecule has 14 heteroatoms. The highest BCUT2D eigenvalue weighted by atomic mass is 32.2. The molecule has 1 aliphatic rings. The number of hydrogen-bond acceptors (Lipinski definition) is 11. The molecule has 2 amide bonds. The van der Waals surface area contributed by atoms with E-state index >= 15 is 0 Å². The van der Waals surface area contributed by atoms with Gasteiger partial charge in [-0.1, -0.05) is 6.07 Å². The Bertz CT molecular complexity index is 1050. The van der Waals surface area contributed by atoms with Crippen molar-refractivity contribution < 1.29 is 47.2 Å². The maximum atomic E-state index is 12.1. The van der Waals surface area contributed by atoms with Gasteiger partial charge in [-0.25, -0.2) is 13.2 Å². The zero-order chi connectivity index (χ0) is 25.3. The minimum atomic E-state index is -3.57. The Kier molecular flexibility index (Phi) is 9.62. The number of carbonyl (C=O) groups is 4. The highest BCUT2D eigenvalue weighted by molar-refractivity contribution is 7.91. The number of carbonyl (C=O) groups excluding carboxylic acids is 4. The van der Waals surface area contributed by atoms with Crippen molar-refractivity contribution in [3.8, 4) is 0 Å². The zero-order valence-electron chi connectivity index (χ0n) is 18.1. The fourth-order valence-corrected chi connectivity index (χ4v) is 4.39. The summed E-state index contributed by atoms with van der Waals surface area (Å²) in [6.45, 7) is -0.758. The van der Waals surface area contributed by atoms with Gasteiger partial charge in [0.15, 0.2) is 0 Å². The van der Waals surface area contributed by atoms with Crippen LogP contribution in [0.1, 0.15) is 49.7 Å². The van der Waals surface area contributed by atoms with Gasteiger partial charge in [0, 0.05) is 31.7 Å². The van der Waals surface area contributed by atoms with Crippen LogP contribution in [0.3, 0.4) is 0 Å². The SMILES string of the molecule is O=C(CCCS(=O)(=O)CCCC(=O)ON1C(=O)CCC1=O)OCc1ccc(CO)c([N+](=O)[O-])c1. The van der Waals surface area contributed by atoms with Gasteiger partial charge in [0.1, 0.15) is 16.4 Å². The number of aliphatic hydroxyl groups excluding tert-OH is 1. The summed E-state index contributed by atoms with van der Waals surface area (Å²) in [7, 11) is -3.57. The van der Waals surface area contributed by atoms with Crippen LogP contribution in [0.4, 0.5) is 5.69 Å². The van der Waals surface area contributed by atoms with Gasteiger partial charge >= 0.3 is 11.9 Å². The second-order valence-electron chi connectivity index (χ2n) is 7.44. The van der Waals surface area contributed by atoms with Crippen LogP contribution in [0.15, 0.2) is 18.2 Å². The van der Waals surface area contributed by atoms with Crippen molar-refractivity contribution in [2.75, 3.05) is 11.5 Å². The van der Waals surface area contributed by atoms with Crippen LogP contribution in [0.2, 0.25) is 0 Å². The molecule has 13 nitrogen and oxygen atoms in total. The number of nitro groups is 1. The smallest absolute Gasteiger partial charge is 0.333 e. The summed E-state index contributed by atoms with van der Waals surface area (Å²) in [6, 6.07) is 4.01. The van der Waals surface area contributed by atoms with Crippen molar-refractivity contribution in [3.63, 3.8) is 0 Å². The summed E-state index contributed by atoms with van der Waals surface area (Å²) in [6.07, 6.45) is -0.690. The number of amides is 2. The van der Waals surface area contributed by atoms with Gasteiger partial charge in [0.05, 0.1) is 28.6 Å². The monoisotopic (exact) mass is 500 g/mol. The first kappa shape index (κ1) is 26.9. The third-order valence-corrected chi connectivity index (χ3v) is 6.61. The van der Waals surface area contributed by atoms with Crippen molar-refractivity contribution >= 4 is 39.3 Å². The summed E-state index contributed by atoms with van der Waals surface area (Å²) in [4.78, 5) is 61.3. The number of aliphatic hydroxyl groups is 1. The van der Waals surface area contributed by atoms with Crippen LogP contribution in [-0.4, -0.2) is 58.8 Å². The van der Waals surface area contributed by atoms with E-state index in [-0.39, 0.29) is 67.9 Å². The number of nitrogens with zero attached hydrogens (tertiary/aromatic N) is 2. The number of rotatable bonds is 13. The number of imide groups is 1. The number of hydroxylamine groups is 2. The Hall–Kier alpha value is -3.39. The van der Waals surface area contributed by atoms with Gasteiger partial charge < -0.3 is 14.7 Å². The molecule has 186 valence electrons. The van der Waals surface area contributed by atoms with E-state index in [4.69, 9.17) is 9.84 Å². The van der Waals surface area contributed by atoms with Crippen molar-refractivity contribution in [1.82, 2.24) is 5.06 Å². The first-order chi connectivity index (χ1) is 16.0. The molecule has 2 rings (SSSR count). The fraction of sp³-hybridized carbons (Fsp3) is 0.500. The maximum Gasteiger partial charge on any atom is 0.333 e. The van der Waals surface area contributed by atoms with Crippen LogP contribution >= 0.6 is 0 Å². The molecule has 1 N–H and O–H groups in total. The molecule has 0 radical (unpaired) electrons. The lowest BCUT2D eigenvalue weighted by Crippen LogP contribution is -2.32. The van der Waals surface area contributed by atoms with Gasteiger partial charge in [-0.2, -0.15) is 0 Å². The standard InChI is InChI=1S/C20H24N2O11S/c23-12-15-6-5-14(11-16(15)22(28)29)13-32-19(26)3-1-9-34(30,31)10-2-4-20(27)33-21-17(24)7-8-18(21)25/h5-6,11,23H,1-4,7-10,12-13H2. The molecule has 0 aliphatic carbocycles. The Morgan fingerprint density at radius 3 is 2.21 bits per heavy atom. The molecule has 1 fully saturated rings. The number of ether oxygens (including phenoxy) is 1. The minimum Gasteiger partial charge on any atom is -0.461 e. The summed E-state index contributed by atoms with van der Waals surface area (Å²) in [5.41, 5.74) is 0.162. The predicted octanol–water partition coefficient (Wildman–Crippen LogP) is 0.713. The van der Waals surface area contributed by atoms with E-state index in [9.17, 15) is 37.7 Å². The van der Waals surface area contributed by atoms with Crippen LogP contribution in [0, 0.1) is 10.1 Å². The van der Waals surface area contributed by atoms with Gasteiger partial charge in [0.2, 0.25) is 0 Å². The van der Waals surface area contributed by atoms with Crippen LogP contribution in [0.5, 0.6) is 0 Å². The second-order valence-corrected chi connectivity index (χ2v) is 9.75. The highest BCUT2D eigenvalue weighted by Crippen LogP contribution is 2.21. The lowest BCUT2D eigenvalue weighted by molar-refractivity contribution is -0.385. The molecule has 34 heavy (non-hydrogen) atoms. The van der Waals surface area contributed by atoms with Crippen molar-refractivity contribution in [2.24, 2.45) is 0 Å². The average Bonchev–Trinajstić information content (AvgIpc) is 3.09. The first-order valence-electron chi connectivity index (χ1n) is 10.3. The molecule has 0 saturated carbocycles. The van der Waals surface area contributed by atoms with Crippen LogP contribution in [-0.2, 0) is 51.8 Å². The fourth-order valence-electron chi connectivity index (χ4n) is 3.02. The number of sulfone groups is 1. The lowest BCUT2D eigenvalue weighted by atomic mass is 10.1. The van der Waals surface area contributed by atoms with E-state index in [2.05, 4.69) is 4.84 Å². The van der Waals surface area contributed by atoms with Gasteiger partial charge in [-0.05, 0) is 24.5 Å². The molecule has 0 spiro atoms. The van der Waals surface area contributed by atoms with Crippen LogP contribution < -0.4 is 0 Å². The summed E-state index contributed by atoms with van der Waals surface area (Å²) >= 11 is 0. The van der Waals surface area contributed by atoms with E-state index in [1.807, 2.05) is 0 Å². The van der Waals surface area contributed by atoms with Crippen molar-refractivity contribution in [3.05, 3.63) is 39.4 Å². The topological polar surface area (TPSA) is 187 Å². The molecule has 1 aliphatic heterocycles. The Labute approximate surface area is 194 Å². The highest BCUT2D eigenvalue weighted by Gasteiger charge is 2.32. The predicted molar refractivity (Wildman–Crippen MR) is 113 cm³/mol. The quantitative estimate of drug-likeness (QED) is 0.174. The number of benzene rings is 1. The van der Waals surface area contributed by atoms with Gasteiger partial charge in [0.25, 0.3) is 17.5 Å². The van der Waals surface area contributed by atoms with E-state index in [1.54, 1.807) is 0 Å². The molecule has 0 bridgehead atoms. The zero-order valence-corrected chi connectivity index (χ0v) is 19.0. The first-order valence-corrected chi connectivity index (χ1v) is 12.1. The molecule has 1 saturated heterocycles. The summed E-state index contributed by atoms with van der Waals surface area (Å²) in [5, 5.41) is 20.5. The summed E-state index contributed by atoms with van der Waals surface area (Å²) < 4.78 is 29.2. The Morgan fingerprint density at radius 2 is 1.65 bits per heavy atom. The van der Waals surface area contributed by atoms with Gasteiger partial charge in [-0.3, -0.25) is 24.5 Å². The second kappa shape index (κ2) is 12.2. The molecular weight excluding hydrogens is 476 g/mol. The Morgan fingerprint density at radius 1 is 1.06 bits per heavy atom. The third-order valence-electron chi connectivity index (χ3n) is 4.79.